The summed E-state index contributed by atoms with van der Waals surface area (Å²) in [6.07, 6.45) is 5.23. The zero-order valence-electron chi connectivity index (χ0n) is 11.5. The third-order valence-electron chi connectivity index (χ3n) is 4.39. The molecule has 0 amide bonds. The van der Waals surface area contributed by atoms with Gasteiger partial charge in [0.1, 0.15) is 0 Å². The fourth-order valence-electron chi connectivity index (χ4n) is 3.48. The Balaban J connectivity index is 1.50. The molecule has 0 aromatic heterocycles. The molecule has 0 radical (unpaired) electrons. The van der Waals surface area contributed by atoms with Crippen molar-refractivity contribution in [3.8, 4) is 0 Å². The van der Waals surface area contributed by atoms with Gasteiger partial charge in [-0.25, -0.2) is 0 Å². The molecule has 6 heteroatoms. The number of hydrogen-bond acceptors (Lipinski definition) is 2. The maximum absolute atomic E-state index is 12.2. The van der Waals surface area contributed by atoms with E-state index in [1.165, 1.54) is 25.7 Å². The van der Waals surface area contributed by atoms with Crippen molar-refractivity contribution in [2.24, 2.45) is 11.8 Å². The number of hydrogen-bond donors (Lipinski definition) is 2. The normalized spacial score (nSPS) is 27.1. The molecular formula is C15H18F2N2S2. The average Bonchev–Trinajstić information content (AvgIpc) is 3.02. The molecule has 0 saturated heterocycles. The highest BCUT2D eigenvalue weighted by Gasteiger charge is 2.39. The first-order valence-corrected chi connectivity index (χ1v) is 8.51. The molecule has 21 heavy (non-hydrogen) atoms. The molecule has 1 aromatic carbocycles. The molecule has 3 atom stereocenters. The molecule has 2 N–H and O–H groups in total. The van der Waals surface area contributed by atoms with E-state index in [0.29, 0.717) is 27.8 Å². The lowest BCUT2D eigenvalue weighted by Gasteiger charge is -2.24. The minimum absolute atomic E-state index is 0.498. The first kappa shape index (κ1) is 15.0. The van der Waals surface area contributed by atoms with Gasteiger partial charge in [0.2, 0.25) is 0 Å². The summed E-state index contributed by atoms with van der Waals surface area (Å²) in [6, 6.07) is 7.41. The van der Waals surface area contributed by atoms with Crippen LogP contribution in [0.15, 0.2) is 29.2 Å². The van der Waals surface area contributed by atoms with Crippen LogP contribution >= 0.6 is 24.0 Å². The molecule has 1 aromatic rings. The number of nitrogens with one attached hydrogen (secondary N) is 2. The van der Waals surface area contributed by atoms with Crippen molar-refractivity contribution in [1.29, 1.82) is 0 Å². The molecule has 3 rings (SSSR count). The first-order chi connectivity index (χ1) is 10.1. The number of benzene rings is 1. The lowest BCUT2D eigenvalue weighted by atomic mass is 9.96. The molecule has 0 aliphatic heterocycles. The number of fused-ring (bicyclic) bond motifs is 2. The van der Waals surface area contributed by atoms with E-state index in [0.717, 1.165) is 17.5 Å². The van der Waals surface area contributed by atoms with Crippen LogP contribution in [0.4, 0.5) is 14.5 Å². The molecule has 2 fully saturated rings. The van der Waals surface area contributed by atoms with Crippen molar-refractivity contribution >= 4 is 34.8 Å². The number of halogens is 2. The molecule has 2 saturated carbocycles. The highest BCUT2D eigenvalue weighted by molar-refractivity contribution is 7.99. The van der Waals surface area contributed by atoms with Crippen LogP contribution in [0.2, 0.25) is 0 Å². The van der Waals surface area contributed by atoms with E-state index in [2.05, 4.69) is 10.6 Å². The molecule has 2 bridgehead atoms. The molecule has 0 heterocycles. The molecule has 2 aliphatic carbocycles. The summed E-state index contributed by atoms with van der Waals surface area (Å²) in [4.78, 5) is 0.558. The average molecular weight is 328 g/mol. The van der Waals surface area contributed by atoms with Crippen LogP contribution in [0.25, 0.3) is 0 Å². The van der Waals surface area contributed by atoms with Crippen molar-refractivity contribution in [3.63, 3.8) is 0 Å². The minimum atomic E-state index is -2.38. The molecule has 2 aliphatic rings. The maximum atomic E-state index is 12.2. The Morgan fingerprint density at radius 1 is 1.19 bits per heavy atom. The number of thiocarbonyl (C=S) groups is 1. The van der Waals surface area contributed by atoms with Gasteiger partial charge in [0.05, 0.1) is 0 Å². The van der Waals surface area contributed by atoms with E-state index in [9.17, 15) is 8.78 Å². The van der Waals surface area contributed by atoms with Gasteiger partial charge in [-0.1, -0.05) is 18.2 Å². The third kappa shape index (κ3) is 3.86. The Labute approximate surface area is 133 Å². The second-order valence-electron chi connectivity index (χ2n) is 5.78. The first-order valence-electron chi connectivity index (χ1n) is 7.22. The van der Waals surface area contributed by atoms with Crippen LogP contribution in [0.3, 0.4) is 0 Å². The lowest BCUT2D eigenvalue weighted by molar-refractivity contribution is 0.252. The van der Waals surface area contributed by atoms with E-state index in [1.54, 1.807) is 24.3 Å². The number of alkyl halides is 2. The van der Waals surface area contributed by atoms with Gasteiger partial charge in [-0.05, 0) is 67.6 Å². The van der Waals surface area contributed by atoms with Gasteiger partial charge in [-0.2, -0.15) is 8.78 Å². The van der Waals surface area contributed by atoms with E-state index in [4.69, 9.17) is 12.2 Å². The molecule has 2 nitrogen and oxygen atoms in total. The van der Waals surface area contributed by atoms with Crippen molar-refractivity contribution in [3.05, 3.63) is 24.3 Å². The number of anilines is 1. The Kier molecular flexibility index (Phi) is 4.64. The SMILES string of the molecule is FC(F)Sc1ccc(NC(=S)N[C@H]2C[C@H]3CC[C@@H]2C3)cc1. The van der Waals surface area contributed by atoms with Gasteiger partial charge in [-0.3, -0.25) is 0 Å². The summed E-state index contributed by atoms with van der Waals surface area (Å²) in [5.74, 6) is -0.745. The number of thioether (sulfide) groups is 1. The van der Waals surface area contributed by atoms with Crippen molar-refractivity contribution < 1.29 is 8.78 Å². The Bertz CT molecular complexity index is 507. The molecule has 0 spiro atoms. The quantitative estimate of drug-likeness (QED) is 0.629. The monoisotopic (exact) mass is 328 g/mol. The van der Waals surface area contributed by atoms with E-state index in [-0.39, 0.29) is 0 Å². The van der Waals surface area contributed by atoms with Gasteiger partial charge in [-0.15, -0.1) is 0 Å². The predicted molar refractivity (Wildman–Crippen MR) is 86.9 cm³/mol. The second-order valence-corrected chi connectivity index (χ2v) is 7.25. The Morgan fingerprint density at radius 2 is 1.95 bits per heavy atom. The van der Waals surface area contributed by atoms with Crippen LogP contribution in [0.5, 0.6) is 0 Å². The van der Waals surface area contributed by atoms with Gasteiger partial charge >= 0.3 is 0 Å². The topological polar surface area (TPSA) is 24.1 Å². The largest absolute Gasteiger partial charge is 0.359 e. The van der Waals surface area contributed by atoms with Gasteiger partial charge < -0.3 is 10.6 Å². The van der Waals surface area contributed by atoms with E-state index < -0.39 is 5.76 Å². The fraction of sp³-hybridized carbons (Fsp3) is 0.533. The van der Waals surface area contributed by atoms with Crippen LogP contribution in [0.1, 0.15) is 25.7 Å². The van der Waals surface area contributed by atoms with Crippen LogP contribution in [-0.2, 0) is 0 Å². The highest BCUT2D eigenvalue weighted by atomic mass is 32.2. The third-order valence-corrected chi connectivity index (χ3v) is 5.33. The standard InChI is InChI=1S/C15H18F2N2S2/c16-14(17)21-12-5-3-11(4-6-12)18-15(20)19-13-8-9-1-2-10(13)7-9/h3-6,9-10,13-14H,1-2,7-8H2,(H2,18,19,20)/t9-,10+,13-/m0/s1. The van der Waals surface area contributed by atoms with Crippen LogP contribution in [-0.4, -0.2) is 16.9 Å². The van der Waals surface area contributed by atoms with Gasteiger partial charge in [0.25, 0.3) is 5.76 Å². The lowest BCUT2D eigenvalue weighted by Crippen LogP contribution is -2.40. The van der Waals surface area contributed by atoms with Crippen LogP contribution < -0.4 is 10.6 Å². The summed E-state index contributed by atoms with van der Waals surface area (Å²) in [7, 11) is 0. The number of rotatable bonds is 4. The van der Waals surface area contributed by atoms with E-state index >= 15 is 0 Å². The maximum Gasteiger partial charge on any atom is 0.288 e. The summed E-state index contributed by atoms with van der Waals surface area (Å²) in [5, 5.41) is 7.16. The Morgan fingerprint density at radius 3 is 2.52 bits per heavy atom. The Hall–Kier alpha value is -0.880. The fourth-order valence-corrected chi connectivity index (χ4v) is 4.24. The zero-order valence-corrected chi connectivity index (χ0v) is 13.2. The zero-order chi connectivity index (χ0) is 14.8. The van der Waals surface area contributed by atoms with Crippen molar-refractivity contribution in [2.75, 3.05) is 5.32 Å². The molecule has 0 unspecified atom stereocenters. The van der Waals surface area contributed by atoms with Gasteiger partial charge in [0.15, 0.2) is 5.11 Å². The summed E-state index contributed by atoms with van der Waals surface area (Å²) in [6.45, 7) is 0. The summed E-state index contributed by atoms with van der Waals surface area (Å²) in [5.41, 5.74) is 0.828. The van der Waals surface area contributed by atoms with E-state index in [1.807, 2.05) is 0 Å². The van der Waals surface area contributed by atoms with Gasteiger partial charge in [0, 0.05) is 16.6 Å². The summed E-state index contributed by atoms with van der Waals surface area (Å²) >= 11 is 5.89. The smallest absolute Gasteiger partial charge is 0.288 e. The second kappa shape index (κ2) is 6.48. The highest BCUT2D eigenvalue weighted by Crippen LogP contribution is 2.44. The van der Waals surface area contributed by atoms with Crippen molar-refractivity contribution in [1.82, 2.24) is 5.32 Å². The minimum Gasteiger partial charge on any atom is -0.359 e. The predicted octanol–water partition coefficient (Wildman–Crippen LogP) is 4.48. The van der Waals surface area contributed by atoms with Crippen LogP contribution in [0, 0.1) is 11.8 Å². The van der Waals surface area contributed by atoms with Crippen molar-refractivity contribution in [2.45, 2.75) is 42.4 Å². The molecular weight excluding hydrogens is 310 g/mol. The molecule has 114 valence electrons. The summed E-state index contributed by atoms with van der Waals surface area (Å²) < 4.78 is 24.5.